The Morgan fingerprint density at radius 2 is 1.67 bits per heavy atom. The fourth-order valence-corrected chi connectivity index (χ4v) is 5.32. The first kappa shape index (κ1) is 17.2. The van der Waals surface area contributed by atoms with Crippen molar-refractivity contribution in [2.24, 2.45) is 5.41 Å². The number of piperidine rings is 1. The van der Waals surface area contributed by atoms with Crippen LogP contribution in [0, 0.1) is 5.41 Å². The number of nitrogens with zero attached hydrogens (tertiary/aromatic N) is 1. The van der Waals surface area contributed by atoms with Crippen molar-refractivity contribution in [1.29, 1.82) is 0 Å². The molecule has 0 radical (unpaired) electrons. The Bertz CT molecular complexity index is 404. The van der Waals surface area contributed by atoms with E-state index in [-0.39, 0.29) is 0 Å². The molecular weight excluding hydrogens is 284 g/mol. The standard InChI is InChI=1S/C16H32N2O2S/c1-15(2)17-11-6-14-21(19,20)18-12-9-16(10-13-18)7-4-3-5-8-16/h15,17H,3-14H2,1-2H3. The van der Waals surface area contributed by atoms with Crippen LogP contribution < -0.4 is 5.32 Å². The van der Waals surface area contributed by atoms with E-state index < -0.39 is 10.0 Å². The molecule has 1 aliphatic carbocycles. The fraction of sp³-hybridized carbons (Fsp3) is 1.00. The molecule has 5 heteroatoms. The van der Waals surface area contributed by atoms with E-state index >= 15 is 0 Å². The van der Waals surface area contributed by atoms with Gasteiger partial charge in [0.05, 0.1) is 5.75 Å². The van der Waals surface area contributed by atoms with Crippen molar-refractivity contribution in [3.63, 3.8) is 0 Å². The summed E-state index contributed by atoms with van der Waals surface area (Å²) in [7, 11) is -3.04. The lowest BCUT2D eigenvalue weighted by Crippen LogP contribution is -2.44. The Morgan fingerprint density at radius 3 is 2.24 bits per heavy atom. The van der Waals surface area contributed by atoms with E-state index in [1.165, 1.54) is 32.1 Å². The van der Waals surface area contributed by atoms with Crippen molar-refractivity contribution in [1.82, 2.24) is 9.62 Å². The molecule has 0 amide bonds. The van der Waals surface area contributed by atoms with Crippen LogP contribution in [0.1, 0.15) is 65.2 Å². The molecule has 1 N–H and O–H groups in total. The Morgan fingerprint density at radius 1 is 1.05 bits per heavy atom. The van der Waals surface area contributed by atoms with Crippen LogP contribution in [0.2, 0.25) is 0 Å². The van der Waals surface area contributed by atoms with Gasteiger partial charge in [-0.1, -0.05) is 33.1 Å². The number of hydrogen-bond acceptors (Lipinski definition) is 3. The van der Waals surface area contributed by atoms with Crippen molar-refractivity contribution in [3.8, 4) is 0 Å². The molecule has 1 heterocycles. The molecule has 124 valence electrons. The lowest BCUT2D eigenvalue weighted by molar-refractivity contribution is 0.102. The smallest absolute Gasteiger partial charge is 0.214 e. The Hall–Kier alpha value is -0.130. The van der Waals surface area contributed by atoms with Crippen molar-refractivity contribution in [3.05, 3.63) is 0 Å². The monoisotopic (exact) mass is 316 g/mol. The molecule has 2 fully saturated rings. The molecule has 0 aromatic heterocycles. The molecule has 1 spiro atoms. The minimum atomic E-state index is -3.04. The molecule has 4 nitrogen and oxygen atoms in total. The highest BCUT2D eigenvalue weighted by molar-refractivity contribution is 7.89. The van der Waals surface area contributed by atoms with Gasteiger partial charge in [-0.05, 0) is 44.1 Å². The third-order valence-corrected chi connectivity index (χ3v) is 7.18. The zero-order chi connectivity index (χ0) is 15.3. The van der Waals surface area contributed by atoms with Crippen LogP contribution in [-0.2, 0) is 10.0 Å². The van der Waals surface area contributed by atoms with Crippen LogP contribution in [0.5, 0.6) is 0 Å². The van der Waals surface area contributed by atoms with Crippen LogP contribution in [0.4, 0.5) is 0 Å². The van der Waals surface area contributed by atoms with Crippen LogP contribution in [0.15, 0.2) is 0 Å². The summed E-state index contributed by atoms with van der Waals surface area (Å²) in [5.41, 5.74) is 0.476. The van der Waals surface area contributed by atoms with Gasteiger partial charge in [-0.15, -0.1) is 0 Å². The molecule has 2 rings (SSSR count). The minimum Gasteiger partial charge on any atom is -0.314 e. The maximum Gasteiger partial charge on any atom is 0.214 e. The van der Waals surface area contributed by atoms with E-state index in [1.807, 2.05) is 0 Å². The van der Waals surface area contributed by atoms with E-state index in [4.69, 9.17) is 0 Å². The van der Waals surface area contributed by atoms with E-state index in [0.29, 0.717) is 23.6 Å². The van der Waals surface area contributed by atoms with Gasteiger partial charge < -0.3 is 5.32 Å². The second-order valence-electron chi connectivity index (χ2n) is 7.24. The predicted molar refractivity (Wildman–Crippen MR) is 87.9 cm³/mol. The average molecular weight is 317 g/mol. The normalized spacial score (nSPS) is 23.8. The van der Waals surface area contributed by atoms with Gasteiger partial charge in [-0.3, -0.25) is 0 Å². The number of rotatable bonds is 6. The lowest BCUT2D eigenvalue weighted by atomic mass is 9.68. The third-order valence-electron chi connectivity index (χ3n) is 5.22. The molecule has 0 bridgehead atoms. The summed E-state index contributed by atoms with van der Waals surface area (Å²) < 4.78 is 26.6. The van der Waals surface area contributed by atoms with E-state index in [1.54, 1.807) is 4.31 Å². The molecule has 1 aliphatic heterocycles. The second kappa shape index (κ2) is 7.42. The summed E-state index contributed by atoms with van der Waals surface area (Å²) in [6, 6.07) is 0.425. The van der Waals surface area contributed by atoms with Gasteiger partial charge in [0.15, 0.2) is 0 Å². The highest BCUT2D eigenvalue weighted by Gasteiger charge is 2.38. The molecule has 1 saturated heterocycles. The summed E-state index contributed by atoms with van der Waals surface area (Å²) in [6.07, 6.45) is 9.56. The van der Waals surface area contributed by atoms with Gasteiger partial charge in [0.2, 0.25) is 10.0 Å². The SMILES string of the molecule is CC(C)NCCCS(=O)(=O)N1CCC2(CCCCC2)CC1. The second-order valence-corrected chi connectivity index (χ2v) is 9.33. The highest BCUT2D eigenvalue weighted by Crippen LogP contribution is 2.44. The van der Waals surface area contributed by atoms with Gasteiger partial charge in [0, 0.05) is 19.1 Å². The third kappa shape index (κ3) is 4.93. The Labute approximate surface area is 130 Å². The van der Waals surface area contributed by atoms with Crippen molar-refractivity contribution < 1.29 is 8.42 Å². The van der Waals surface area contributed by atoms with Crippen LogP contribution in [0.25, 0.3) is 0 Å². The van der Waals surface area contributed by atoms with E-state index in [0.717, 1.165) is 32.5 Å². The van der Waals surface area contributed by atoms with Crippen molar-refractivity contribution in [2.75, 3.05) is 25.4 Å². The topological polar surface area (TPSA) is 49.4 Å². The maximum absolute atomic E-state index is 12.4. The summed E-state index contributed by atoms with van der Waals surface area (Å²) in [5, 5.41) is 3.28. The molecule has 0 aromatic rings. The molecule has 1 saturated carbocycles. The van der Waals surface area contributed by atoms with E-state index in [2.05, 4.69) is 19.2 Å². The van der Waals surface area contributed by atoms with Gasteiger partial charge >= 0.3 is 0 Å². The number of sulfonamides is 1. The molecule has 2 aliphatic rings. The number of hydrogen-bond donors (Lipinski definition) is 1. The zero-order valence-corrected chi connectivity index (χ0v) is 14.6. The van der Waals surface area contributed by atoms with Crippen molar-refractivity contribution in [2.45, 2.75) is 71.3 Å². The summed E-state index contributed by atoms with van der Waals surface area (Å²) in [4.78, 5) is 0. The van der Waals surface area contributed by atoms with Crippen LogP contribution >= 0.6 is 0 Å². The minimum absolute atomic E-state index is 0.291. The zero-order valence-electron chi connectivity index (χ0n) is 13.7. The largest absolute Gasteiger partial charge is 0.314 e. The Kier molecular flexibility index (Phi) is 6.09. The molecule has 0 unspecified atom stereocenters. The molecule has 0 atom stereocenters. The number of nitrogens with one attached hydrogen (secondary N) is 1. The fourth-order valence-electron chi connectivity index (χ4n) is 3.81. The van der Waals surface area contributed by atoms with Gasteiger partial charge in [-0.25, -0.2) is 12.7 Å². The van der Waals surface area contributed by atoms with Gasteiger partial charge in [0.1, 0.15) is 0 Å². The molecule has 21 heavy (non-hydrogen) atoms. The predicted octanol–water partition coefficient (Wildman–Crippen LogP) is 2.75. The van der Waals surface area contributed by atoms with Crippen LogP contribution in [0.3, 0.4) is 0 Å². The summed E-state index contributed by atoms with van der Waals surface area (Å²) in [5.74, 6) is 0.291. The first-order valence-electron chi connectivity index (χ1n) is 8.65. The van der Waals surface area contributed by atoms with E-state index in [9.17, 15) is 8.42 Å². The maximum atomic E-state index is 12.4. The summed E-state index contributed by atoms with van der Waals surface area (Å²) in [6.45, 7) is 6.46. The van der Waals surface area contributed by atoms with Gasteiger partial charge in [0.25, 0.3) is 0 Å². The molecule has 0 aromatic carbocycles. The Balaban J connectivity index is 1.77. The highest BCUT2D eigenvalue weighted by atomic mass is 32.2. The quantitative estimate of drug-likeness (QED) is 0.767. The first-order valence-corrected chi connectivity index (χ1v) is 10.3. The van der Waals surface area contributed by atoms with Gasteiger partial charge in [-0.2, -0.15) is 0 Å². The summed E-state index contributed by atoms with van der Waals surface area (Å²) >= 11 is 0. The lowest BCUT2D eigenvalue weighted by Gasteiger charge is -2.43. The van der Waals surface area contributed by atoms with Crippen LogP contribution in [-0.4, -0.2) is 44.2 Å². The van der Waals surface area contributed by atoms with Crippen molar-refractivity contribution >= 4 is 10.0 Å². The first-order chi connectivity index (χ1) is 9.94. The average Bonchev–Trinajstić information content (AvgIpc) is 2.45. The molecular formula is C16H32N2O2S.